The SMILES string of the molecule is O=C(NNC(CO)CO)[C@@]1(Cc2ccccc2Br)N=C(c2ccc(OCCCO)cc2)O[C@H]1c1ccc(-c2ccccc2)cc1. The zero-order chi connectivity index (χ0) is 31.6. The molecule has 0 aliphatic carbocycles. The van der Waals surface area contributed by atoms with Gasteiger partial charge in [0.2, 0.25) is 5.90 Å². The number of hydrazine groups is 1. The Kier molecular flexibility index (Phi) is 11.0. The Morgan fingerprint density at radius 1 is 0.867 bits per heavy atom. The number of hydrogen-bond acceptors (Lipinski definition) is 8. The molecule has 0 radical (unpaired) electrons. The number of ether oxygens (including phenoxy) is 2. The average Bonchev–Trinajstić information content (AvgIpc) is 3.47. The van der Waals surface area contributed by atoms with E-state index >= 15 is 0 Å². The van der Waals surface area contributed by atoms with Crippen molar-refractivity contribution in [2.45, 2.75) is 30.5 Å². The lowest BCUT2D eigenvalue weighted by molar-refractivity contribution is -0.130. The summed E-state index contributed by atoms with van der Waals surface area (Å²) < 4.78 is 13.1. The monoisotopic (exact) mass is 673 g/mol. The number of aliphatic hydroxyl groups is 3. The third kappa shape index (κ3) is 7.61. The van der Waals surface area contributed by atoms with Crippen molar-refractivity contribution in [1.29, 1.82) is 0 Å². The predicted octanol–water partition coefficient (Wildman–Crippen LogP) is 4.35. The fraction of sp³-hybridized carbons (Fsp3) is 0.257. The summed E-state index contributed by atoms with van der Waals surface area (Å²) in [6.07, 6.45) is -0.119. The molecule has 1 heterocycles. The van der Waals surface area contributed by atoms with Crippen LogP contribution in [0, 0.1) is 0 Å². The summed E-state index contributed by atoms with van der Waals surface area (Å²) in [5, 5.41) is 28.3. The summed E-state index contributed by atoms with van der Waals surface area (Å²) >= 11 is 3.63. The van der Waals surface area contributed by atoms with Crippen molar-refractivity contribution in [3.8, 4) is 16.9 Å². The van der Waals surface area contributed by atoms with Crippen LogP contribution in [0.4, 0.5) is 0 Å². The first-order valence-electron chi connectivity index (χ1n) is 14.7. The second kappa shape index (κ2) is 15.3. The summed E-state index contributed by atoms with van der Waals surface area (Å²) in [6.45, 7) is -0.324. The number of hydrogen-bond donors (Lipinski definition) is 5. The Morgan fingerprint density at radius 2 is 1.51 bits per heavy atom. The number of carbonyl (C=O) groups is 1. The highest BCUT2D eigenvalue weighted by molar-refractivity contribution is 9.10. The first-order chi connectivity index (χ1) is 22.0. The number of aliphatic imine (C=N–C) groups is 1. The van der Waals surface area contributed by atoms with Crippen LogP contribution < -0.4 is 15.6 Å². The van der Waals surface area contributed by atoms with E-state index in [1.807, 2.05) is 91.0 Å². The number of benzene rings is 4. The van der Waals surface area contributed by atoms with Crippen LogP contribution in [0.3, 0.4) is 0 Å². The van der Waals surface area contributed by atoms with Crippen molar-refractivity contribution in [2.75, 3.05) is 26.4 Å². The molecule has 4 aromatic rings. The number of nitrogens with one attached hydrogen (secondary N) is 2. The van der Waals surface area contributed by atoms with E-state index in [4.69, 9.17) is 19.6 Å². The predicted molar refractivity (Wildman–Crippen MR) is 176 cm³/mol. The Morgan fingerprint density at radius 3 is 2.18 bits per heavy atom. The maximum atomic E-state index is 14.3. The summed E-state index contributed by atoms with van der Waals surface area (Å²) in [6, 6.07) is 32.0. The fourth-order valence-electron chi connectivity index (χ4n) is 5.12. The van der Waals surface area contributed by atoms with Gasteiger partial charge in [-0.25, -0.2) is 10.4 Å². The topological polar surface area (TPSA) is 133 Å². The minimum Gasteiger partial charge on any atom is -0.494 e. The summed E-state index contributed by atoms with van der Waals surface area (Å²) in [4.78, 5) is 19.3. The molecule has 5 rings (SSSR count). The lowest BCUT2D eigenvalue weighted by atomic mass is 9.82. The van der Waals surface area contributed by atoms with Crippen molar-refractivity contribution in [3.05, 3.63) is 124 Å². The maximum Gasteiger partial charge on any atom is 0.266 e. The van der Waals surface area contributed by atoms with Gasteiger partial charge in [0, 0.05) is 29.5 Å². The highest BCUT2D eigenvalue weighted by atomic mass is 79.9. The van der Waals surface area contributed by atoms with Crippen LogP contribution in [-0.2, 0) is 16.0 Å². The second-order valence-electron chi connectivity index (χ2n) is 10.7. The molecular formula is C35H36BrN3O6. The van der Waals surface area contributed by atoms with Crippen LogP contribution in [-0.4, -0.2) is 65.1 Å². The third-order valence-electron chi connectivity index (χ3n) is 7.60. The molecule has 1 aliphatic heterocycles. The van der Waals surface area contributed by atoms with E-state index in [1.165, 1.54) is 0 Å². The largest absolute Gasteiger partial charge is 0.494 e. The average molecular weight is 675 g/mol. The van der Waals surface area contributed by atoms with Gasteiger partial charge in [0.1, 0.15) is 5.75 Å². The smallest absolute Gasteiger partial charge is 0.266 e. The van der Waals surface area contributed by atoms with Gasteiger partial charge in [0.25, 0.3) is 5.91 Å². The van der Waals surface area contributed by atoms with E-state index in [-0.39, 0.29) is 32.1 Å². The molecular weight excluding hydrogens is 638 g/mol. The molecule has 2 atom stereocenters. The van der Waals surface area contributed by atoms with Crippen LogP contribution in [0.5, 0.6) is 5.75 Å². The highest BCUT2D eigenvalue weighted by Gasteiger charge is 2.53. The zero-order valence-electron chi connectivity index (χ0n) is 24.6. The first kappa shape index (κ1) is 32.3. The number of aliphatic hydroxyl groups excluding tert-OH is 3. The molecule has 0 bridgehead atoms. The third-order valence-corrected chi connectivity index (χ3v) is 8.37. The Labute approximate surface area is 270 Å². The molecule has 5 N–H and O–H groups in total. The Bertz CT molecular complexity index is 1580. The molecule has 0 saturated heterocycles. The van der Waals surface area contributed by atoms with Gasteiger partial charge in [-0.15, -0.1) is 0 Å². The number of carbonyl (C=O) groups excluding carboxylic acids is 1. The molecule has 10 heteroatoms. The number of rotatable bonds is 14. The van der Waals surface area contributed by atoms with Crippen LogP contribution in [0.25, 0.3) is 11.1 Å². The fourth-order valence-corrected chi connectivity index (χ4v) is 5.55. The minimum atomic E-state index is -1.48. The summed E-state index contributed by atoms with van der Waals surface area (Å²) in [7, 11) is 0. The van der Waals surface area contributed by atoms with Crippen molar-refractivity contribution in [2.24, 2.45) is 4.99 Å². The first-order valence-corrected chi connectivity index (χ1v) is 15.5. The van der Waals surface area contributed by atoms with Gasteiger partial charge >= 0.3 is 0 Å². The van der Waals surface area contributed by atoms with Gasteiger partial charge in [0.15, 0.2) is 11.6 Å². The second-order valence-corrected chi connectivity index (χ2v) is 11.6. The van der Waals surface area contributed by atoms with Gasteiger partial charge in [-0.05, 0) is 52.6 Å². The van der Waals surface area contributed by atoms with Gasteiger partial charge in [-0.3, -0.25) is 10.2 Å². The van der Waals surface area contributed by atoms with Crippen molar-refractivity contribution >= 4 is 27.7 Å². The van der Waals surface area contributed by atoms with Crippen molar-refractivity contribution in [3.63, 3.8) is 0 Å². The van der Waals surface area contributed by atoms with Gasteiger partial charge in [0.05, 0.1) is 25.9 Å². The molecule has 0 spiro atoms. The molecule has 0 saturated carbocycles. The molecule has 9 nitrogen and oxygen atoms in total. The number of amides is 1. The van der Waals surface area contributed by atoms with Gasteiger partial charge in [-0.2, -0.15) is 0 Å². The zero-order valence-corrected chi connectivity index (χ0v) is 26.2. The molecule has 1 amide bonds. The molecule has 234 valence electrons. The summed E-state index contributed by atoms with van der Waals surface area (Å²) in [5.41, 5.74) is 8.31. The van der Waals surface area contributed by atoms with Gasteiger partial charge in [-0.1, -0.05) is 88.7 Å². The highest BCUT2D eigenvalue weighted by Crippen LogP contribution is 2.43. The molecule has 45 heavy (non-hydrogen) atoms. The summed E-state index contributed by atoms with van der Waals surface area (Å²) in [5.74, 6) is 0.442. The number of halogens is 1. The van der Waals surface area contributed by atoms with E-state index in [2.05, 4.69) is 26.8 Å². The quantitative estimate of drug-likeness (QED) is 0.0993. The lowest BCUT2D eigenvalue weighted by Gasteiger charge is -2.31. The van der Waals surface area contributed by atoms with Crippen molar-refractivity contribution < 1.29 is 29.6 Å². The molecule has 0 unspecified atom stereocenters. The van der Waals surface area contributed by atoms with E-state index in [0.29, 0.717) is 24.3 Å². The lowest BCUT2D eigenvalue weighted by Crippen LogP contribution is -2.57. The van der Waals surface area contributed by atoms with Crippen molar-refractivity contribution in [1.82, 2.24) is 10.9 Å². The van der Waals surface area contributed by atoms with Crippen LogP contribution >= 0.6 is 15.9 Å². The van der Waals surface area contributed by atoms with Crippen LogP contribution in [0.2, 0.25) is 0 Å². The normalized spacial score (nSPS) is 17.5. The van der Waals surface area contributed by atoms with Crippen LogP contribution in [0.15, 0.2) is 113 Å². The molecule has 0 aromatic heterocycles. The number of nitrogens with zero attached hydrogens (tertiary/aromatic N) is 1. The van der Waals surface area contributed by atoms with E-state index < -0.39 is 23.6 Å². The molecule has 4 aromatic carbocycles. The van der Waals surface area contributed by atoms with E-state index in [9.17, 15) is 15.0 Å². The molecule has 1 aliphatic rings. The minimum absolute atomic E-state index is 0.0460. The van der Waals surface area contributed by atoms with E-state index in [1.54, 1.807) is 12.1 Å². The molecule has 0 fully saturated rings. The van der Waals surface area contributed by atoms with Gasteiger partial charge < -0.3 is 24.8 Å². The van der Waals surface area contributed by atoms with E-state index in [0.717, 1.165) is 26.7 Å². The standard InChI is InChI=1S/C35H36BrN3O6/c36-31-10-5-4-9-28(31)21-35(34(43)39-38-29(22-41)23-42)32(26-13-11-25(12-14-26)24-7-2-1-3-8-24)45-33(37-35)27-15-17-30(18-16-27)44-20-6-19-40/h1-5,7-18,29,32,38,40-42H,6,19-23H2,(H,39,43)/t32-,35-/m0/s1. The van der Waals surface area contributed by atoms with Crippen LogP contribution in [0.1, 0.15) is 29.2 Å². The maximum absolute atomic E-state index is 14.3. The Hall–Kier alpha value is -4.06. The Balaban J connectivity index is 1.57.